The van der Waals surface area contributed by atoms with Crippen LogP contribution < -0.4 is 5.32 Å². The molecule has 1 aliphatic heterocycles. The Morgan fingerprint density at radius 1 is 1.53 bits per heavy atom. The Balaban J connectivity index is 2.06. The van der Waals surface area contributed by atoms with Gasteiger partial charge >= 0.3 is 0 Å². The largest absolute Gasteiger partial charge is 0.381 e. The van der Waals surface area contributed by atoms with Crippen molar-refractivity contribution in [2.24, 2.45) is 5.92 Å². The fourth-order valence-electron chi connectivity index (χ4n) is 2.01. The van der Waals surface area contributed by atoms with Crippen LogP contribution in [0.15, 0.2) is 6.33 Å². The SMILES string of the molecule is CC(C)c1c(Cl)ncnc1NCC1CCOC1. The molecule has 0 saturated carbocycles. The number of anilines is 1. The minimum Gasteiger partial charge on any atom is -0.381 e. The van der Waals surface area contributed by atoms with Crippen LogP contribution in [0.1, 0.15) is 31.7 Å². The summed E-state index contributed by atoms with van der Waals surface area (Å²) >= 11 is 6.10. The minimum atomic E-state index is 0.311. The van der Waals surface area contributed by atoms with Gasteiger partial charge in [0.25, 0.3) is 0 Å². The average molecular weight is 256 g/mol. The molecule has 0 bridgehead atoms. The third-order valence-corrected chi connectivity index (χ3v) is 3.30. The zero-order valence-corrected chi connectivity index (χ0v) is 11.0. The molecule has 1 atom stereocenters. The van der Waals surface area contributed by atoms with E-state index in [0.717, 1.165) is 37.6 Å². The molecule has 1 fully saturated rings. The van der Waals surface area contributed by atoms with E-state index in [2.05, 4.69) is 29.1 Å². The lowest BCUT2D eigenvalue weighted by Crippen LogP contribution is -2.16. The third-order valence-electron chi connectivity index (χ3n) is 2.99. The number of ether oxygens (including phenoxy) is 1. The van der Waals surface area contributed by atoms with Crippen molar-refractivity contribution in [3.63, 3.8) is 0 Å². The van der Waals surface area contributed by atoms with Crippen LogP contribution in [0.5, 0.6) is 0 Å². The molecule has 94 valence electrons. The second-order valence-corrected chi connectivity index (χ2v) is 5.05. The molecular weight excluding hydrogens is 238 g/mol. The summed E-state index contributed by atoms with van der Waals surface area (Å²) in [4.78, 5) is 8.30. The van der Waals surface area contributed by atoms with Gasteiger partial charge in [-0.2, -0.15) is 0 Å². The van der Waals surface area contributed by atoms with Crippen LogP contribution in [0.25, 0.3) is 0 Å². The van der Waals surface area contributed by atoms with Gasteiger partial charge in [0.05, 0.1) is 6.61 Å². The molecule has 0 aromatic carbocycles. The van der Waals surface area contributed by atoms with Gasteiger partial charge in [-0.25, -0.2) is 9.97 Å². The first-order valence-corrected chi connectivity index (χ1v) is 6.38. The Morgan fingerprint density at radius 3 is 3.00 bits per heavy atom. The summed E-state index contributed by atoms with van der Waals surface area (Å²) in [5, 5.41) is 3.90. The normalized spacial score (nSPS) is 19.9. The highest BCUT2D eigenvalue weighted by molar-refractivity contribution is 6.30. The Morgan fingerprint density at radius 2 is 2.35 bits per heavy atom. The van der Waals surface area contributed by atoms with E-state index in [1.807, 2.05) is 0 Å². The topological polar surface area (TPSA) is 47.0 Å². The van der Waals surface area contributed by atoms with Gasteiger partial charge in [-0.1, -0.05) is 25.4 Å². The van der Waals surface area contributed by atoms with Gasteiger partial charge in [0.15, 0.2) is 0 Å². The molecular formula is C12H18ClN3O. The molecule has 0 amide bonds. The number of hydrogen-bond acceptors (Lipinski definition) is 4. The van der Waals surface area contributed by atoms with Crippen molar-refractivity contribution in [2.75, 3.05) is 25.1 Å². The van der Waals surface area contributed by atoms with Crippen molar-refractivity contribution in [2.45, 2.75) is 26.2 Å². The summed E-state index contributed by atoms with van der Waals surface area (Å²) in [6.45, 7) is 6.77. The molecule has 1 saturated heterocycles. The molecule has 0 radical (unpaired) electrons. The van der Waals surface area contributed by atoms with Gasteiger partial charge in [-0.05, 0) is 12.3 Å². The van der Waals surface area contributed by atoms with Crippen LogP contribution in [0.3, 0.4) is 0 Å². The Labute approximate surface area is 107 Å². The lowest BCUT2D eigenvalue weighted by molar-refractivity contribution is 0.187. The van der Waals surface area contributed by atoms with Crippen molar-refractivity contribution < 1.29 is 4.74 Å². The van der Waals surface area contributed by atoms with Crippen LogP contribution in [0, 0.1) is 5.92 Å². The van der Waals surface area contributed by atoms with E-state index in [-0.39, 0.29) is 0 Å². The quantitative estimate of drug-likeness (QED) is 0.841. The highest BCUT2D eigenvalue weighted by Crippen LogP contribution is 2.28. The summed E-state index contributed by atoms with van der Waals surface area (Å²) in [6.07, 6.45) is 2.62. The lowest BCUT2D eigenvalue weighted by atomic mass is 10.1. The molecule has 1 aromatic rings. The summed E-state index contributed by atoms with van der Waals surface area (Å²) in [7, 11) is 0. The zero-order chi connectivity index (χ0) is 12.3. The molecule has 1 aliphatic rings. The van der Waals surface area contributed by atoms with Gasteiger partial charge in [0.2, 0.25) is 0 Å². The van der Waals surface area contributed by atoms with E-state index in [1.54, 1.807) is 0 Å². The summed E-state index contributed by atoms with van der Waals surface area (Å²) in [6, 6.07) is 0. The van der Waals surface area contributed by atoms with E-state index in [4.69, 9.17) is 16.3 Å². The lowest BCUT2D eigenvalue weighted by Gasteiger charge is -2.16. The molecule has 17 heavy (non-hydrogen) atoms. The smallest absolute Gasteiger partial charge is 0.138 e. The van der Waals surface area contributed by atoms with Crippen LogP contribution in [-0.2, 0) is 4.74 Å². The fourth-order valence-corrected chi connectivity index (χ4v) is 2.36. The number of rotatable bonds is 4. The van der Waals surface area contributed by atoms with Crippen LogP contribution in [0.4, 0.5) is 5.82 Å². The highest BCUT2D eigenvalue weighted by Gasteiger charge is 2.18. The predicted molar refractivity (Wildman–Crippen MR) is 68.5 cm³/mol. The molecule has 1 aromatic heterocycles. The molecule has 0 spiro atoms. The second-order valence-electron chi connectivity index (χ2n) is 4.69. The minimum absolute atomic E-state index is 0.311. The first-order chi connectivity index (χ1) is 8.18. The van der Waals surface area contributed by atoms with Crippen LogP contribution in [-0.4, -0.2) is 29.7 Å². The predicted octanol–water partition coefficient (Wildman–Crippen LogP) is 2.70. The second kappa shape index (κ2) is 5.65. The standard InChI is InChI=1S/C12H18ClN3O/c1-8(2)10-11(13)15-7-16-12(10)14-5-9-3-4-17-6-9/h7-9H,3-6H2,1-2H3,(H,14,15,16). The van der Waals surface area contributed by atoms with Crippen LogP contribution >= 0.6 is 11.6 Å². The Hall–Kier alpha value is -0.870. The summed E-state index contributed by atoms with van der Waals surface area (Å²) < 4.78 is 5.35. The Kier molecular flexibility index (Phi) is 4.18. The van der Waals surface area contributed by atoms with Gasteiger partial charge in [0.1, 0.15) is 17.3 Å². The molecule has 2 rings (SSSR count). The first-order valence-electron chi connectivity index (χ1n) is 6.00. The van der Waals surface area contributed by atoms with Crippen molar-refractivity contribution in [1.82, 2.24) is 9.97 Å². The molecule has 1 unspecified atom stereocenters. The maximum absolute atomic E-state index is 6.10. The number of nitrogens with one attached hydrogen (secondary N) is 1. The first kappa shape index (κ1) is 12.6. The number of hydrogen-bond donors (Lipinski definition) is 1. The van der Waals surface area contributed by atoms with Crippen molar-refractivity contribution in [1.29, 1.82) is 0 Å². The number of halogens is 1. The molecule has 4 nitrogen and oxygen atoms in total. The average Bonchev–Trinajstić information content (AvgIpc) is 2.78. The fraction of sp³-hybridized carbons (Fsp3) is 0.667. The van der Waals surface area contributed by atoms with Crippen molar-refractivity contribution in [3.05, 3.63) is 17.0 Å². The van der Waals surface area contributed by atoms with Crippen molar-refractivity contribution >= 4 is 17.4 Å². The van der Waals surface area contributed by atoms with Gasteiger partial charge in [-0.15, -0.1) is 0 Å². The van der Waals surface area contributed by atoms with E-state index < -0.39 is 0 Å². The third kappa shape index (κ3) is 3.07. The molecule has 2 heterocycles. The monoisotopic (exact) mass is 255 g/mol. The van der Waals surface area contributed by atoms with E-state index in [1.165, 1.54) is 6.33 Å². The number of aromatic nitrogens is 2. The van der Waals surface area contributed by atoms with Crippen molar-refractivity contribution in [3.8, 4) is 0 Å². The summed E-state index contributed by atoms with van der Waals surface area (Å²) in [5.41, 5.74) is 0.994. The van der Waals surface area contributed by atoms with Gasteiger partial charge in [-0.3, -0.25) is 0 Å². The zero-order valence-electron chi connectivity index (χ0n) is 10.2. The maximum atomic E-state index is 6.10. The van der Waals surface area contributed by atoms with E-state index in [9.17, 15) is 0 Å². The molecule has 5 heteroatoms. The van der Waals surface area contributed by atoms with Gasteiger partial charge < -0.3 is 10.1 Å². The van der Waals surface area contributed by atoms with E-state index >= 15 is 0 Å². The number of nitrogens with zero attached hydrogens (tertiary/aromatic N) is 2. The van der Waals surface area contributed by atoms with E-state index in [0.29, 0.717) is 17.0 Å². The van der Waals surface area contributed by atoms with Crippen LogP contribution in [0.2, 0.25) is 5.15 Å². The highest BCUT2D eigenvalue weighted by atomic mass is 35.5. The molecule has 0 aliphatic carbocycles. The summed E-state index contributed by atoms with van der Waals surface area (Å²) in [5.74, 6) is 1.74. The maximum Gasteiger partial charge on any atom is 0.138 e. The Bertz CT molecular complexity index is 378. The van der Waals surface area contributed by atoms with Gasteiger partial charge in [0, 0.05) is 24.6 Å². The molecule has 1 N–H and O–H groups in total.